The summed E-state index contributed by atoms with van der Waals surface area (Å²) in [4.78, 5) is 15.1. The summed E-state index contributed by atoms with van der Waals surface area (Å²) >= 11 is 0. The Labute approximate surface area is 92.4 Å². The molecule has 1 aliphatic heterocycles. The van der Waals surface area contributed by atoms with E-state index in [1.54, 1.807) is 24.5 Å². The normalized spacial score (nSPS) is 14.1. The highest BCUT2D eigenvalue weighted by molar-refractivity contribution is 5.97. The predicted octanol–water partition coefficient (Wildman–Crippen LogP) is 0.690. The van der Waals surface area contributed by atoms with Gasteiger partial charge in [0.05, 0.1) is 17.5 Å². The van der Waals surface area contributed by atoms with E-state index in [0.29, 0.717) is 12.3 Å². The van der Waals surface area contributed by atoms with Gasteiger partial charge < -0.3 is 16.2 Å². The van der Waals surface area contributed by atoms with Gasteiger partial charge in [-0.25, -0.2) is 4.98 Å². The second kappa shape index (κ2) is 4.06. The van der Waals surface area contributed by atoms with Crippen LogP contribution in [-0.2, 0) is 4.74 Å². The smallest absolute Gasteiger partial charge is 0.252 e. The molecule has 1 aromatic heterocycles. The number of nitrogen functional groups attached to an aromatic ring is 1. The van der Waals surface area contributed by atoms with Gasteiger partial charge >= 0.3 is 0 Å². The number of hydrogen-bond acceptors (Lipinski definition) is 4. The minimum absolute atomic E-state index is 0.144. The molecule has 0 saturated carbocycles. The Bertz CT molecular complexity index is 492. The number of ether oxygens (including phenoxy) is 1. The van der Waals surface area contributed by atoms with Crippen molar-refractivity contribution in [3.05, 3.63) is 41.8 Å². The van der Waals surface area contributed by atoms with Crippen molar-refractivity contribution >= 4 is 17.3 Å². The molecule has 5 heteroatoms. The number of carbonyl (C=O) groups is 1. The van der Waals surface area contributed by atoms with Gasteiger partial charge in [0.1, 0.15) is 12.4 Å². The number of anilines is 1. The summed E-state index contributed by atoms with van der Waals surface area (Å²) in [5.74, 6) is -0.432. The molecule has 4 N–H and O–H groups in total. The van der Waals surface area contributed by atoms with Gasteiger partial charge in [0.15, 0.2) is 0 Å². The first kappa shape index (κ1) is 10.2. The molecule has 0 aliphatic carbocycles. The van der Waals surface area contributed by atoms with Crippen molar-refractivity contribution in [3.63, 3.8) is 0 Å². The average molecular weight is 217 g/mol. The average Bonchev–Trinajstić information content (AvgIpc) is 2.29. The minimum Gasteiger partial charge on any atom is -0.497 e. The summed E-state index contributed by atoms with van der Waals surface area (Å²) in [5, 5.41) is 0. The summed E-state index contributed by atoms with van der Waals surface area (Å²) in [6.07, 6.45) is 5.26. The number of carbonyl (C=O) groups excluding carboxylic acids is 1. The number of amides is 1. The molecule has 0 radical (unpaired) electrons. The molecule has 0 unspecified atom stereocenters. The fraction of sp³-hybridized carbons (Fsp3) is 0.0909. The van der Waals surface area contributed by atoms with Crippen LogP contribution in [0.1, 0.15) is 16.1 Å². The third-order valence-electron chi connectivity index (χ3n) is 2.23. The molecule has 0 bridgehead atoms. The zero-order valence-electron chi connectivity index (χ0n) is 8.51. The number of primary amides is 1. The lowest BCUT2D eigenvalue weighted by molar-refractivity contribution is 0.100. The Kier molecular flexibility index (Phi) is 2.59. The van der Waals surface area contributed by atoms with Gasteiger partial charge in [-0.2, -0.15) is 0 Å². The molecule has 1 amide bonds. The molecule has 2 heterocycles. The van der Waals surface area contributed by atoms with E-state index in [0.717, 1.165) is 5.57 Å². The van der Waals surface area contributed by atoms with Crippen molar-refractivity contribution in [2.24, 2.45) is 5.73 Å². The Morgan fingerprint density at radius 2 is 2.25 bits per heavy atom. The highest BCUT2D eigenvalue weighted by atomic mass is 16.5. The van der Waals surface area contributed by atoms with Crippen LogP contribution in [0.4, 0.5) is 5.82 Å². The van der Waals surface area contributed by atoms with Crippen molar-refractivity contribution in [3.8, 4) is 0 Å². The second-order valence-electron chi connectivity index (χ2n) is 3.29. The highest BCUT2D eigenvalue weighted by Crippen LogP contribution is 2.19. The van der Waals surface area contributed by atoms with Crippen molar-refractivity contribution in [1.29, 1.82) is 0 Å². The fourth-order valence-electron chi connectivity index (χ4n) is 1.42. The minimum atomic E-state index is -0.576. The molecule has 0 aromatic carbocycles. The maximum atomic E-state index is 11.0. The third-order valence-corrected chi connectivity index (χ3v) is 2.23. The van der Waals surface area contributed by atoms with Crippen LogP contribution in [-0.4, -0.2) is 17.5 Å². The molecule has 1 aromatic rings. The molecule has 2 rings (SSSR count). The Morgan fingerprint density at radius 1 is 1.44 bits per heavy atom. The van der Waals surface area contributed by atoms with E-state index in [1.807, 2.05) is 6.08 Å². The molecule has 0 atom stereocenters. The monoisotopic (exact) mass is 217 g/mol. The Morgan fingerprint density at radius 3 is 2.81 bits per heavy atom. The predicted molar refractivity (Wildman–Crippen MR) is 60.2 cm³/mol. The Balaban J connectivity index is 2.38. The van der Waals surface area contributed by atoms with E-state index < -0.39 is 5.91 Å². The van der Waals surface area contributed by atoms with Crippen LogP contribution in [0.2, 0.25) is 0 Å². The van der Waals surface area contributed by atoms with Crippen molar-refractivity contribution in [2.75, 3.05) is 12.3 Å². The molecule has 16 heavy (non-hydrogen) atoms. The van der Waals surface area contributed by atoms with Crippen LogP contribution in [0.25, 0.3) is 5.57 Å². The number of aromatic nitrogens is 1. The zero-order chi connectivity index (χ0) is 11.5. The molecule has 5 nitrogen and oxygen atoms in total. The number of allylic oxidation sites excluding steroid dienone is 2. The number of hydrogen-bond donors (Lipinski definition) is 2. The molecular weight excluding hydrogens is 206 g/mol. The standard InChI is InChI=1S/C11H11N3O2/c12-10-8(11(13)15)1-2-9(14-10)7-3-5-16-6-4-7/h1-5H,6H2,(H2,12,14)(H2,13,15). The van der Waals surface area contributed by atoms with Crippen LogP contribution in [0.3, 0.4) is 0 Å². The van der Waals surface area contributed by atoms with Gasteiger partial charge in [-0.05, 0) is 24.3 Å². The maximum absolute atomic E-state index is 11.0. The summed E-state index contributed by atoms with van der Waals surface area (Å²) < 4.78 is 5.02. The van der Waals surface area contributed by atoms with Crippen LogP contribution < -0.4 is 11.5 Å². The first-order valence-electron chi connectivity index (χ1n) is 4.73. The number of nitrogens with two attached hydrogens (primary N) is 2. The largest absolute Gasteiger partial charge is 0.497 e. The van der Waals surface area contributed by atoms with E-state index in [9.17, 15) is 4.79 Å². The number of pyridine rings is 1. The lowest BCUT2D eigenvalue weighted by Gasteiger charge is -2.09. The van der Waals surface area contributed by atoms with E-state index in [-0.39, 0.29) is 11.4 Å². The zero-order valence-corrected chi connectivity index (χ0v) is 8.51. The van der Waals surface area contributed by atoms with E-state index in [1.165, 1.54) is 0 Å². The van der Waals surface area contributed by atoms with Crippen molar-refractivity contribution < 1.29 is 9.53 Å². The SMILES string of the molecule is NC(=O)c1ccc(C2=CCOC=C2)nc1N. The van der Waals surface area contributed by atoms with Crippen LogP contribution in [0.15, 0.2) is 30.5 Å². The molecule has 0 spiro atoms. The molecule has 82 valence electrons. The summed E-state index contributed by atoms with van der Waals surface area (Å²) in [7, 11) is 0. The van der Waals surface area contributed by atoms with Crippen LogP contribution >= 0.6 is 0 Å². The van der Waals surface area contributed by atoms with Gasteiger partial charge in [-0.15, -0.1) is 0 Å². The van der Waals surface area contributed by atoms with Crippen molar-refractivity contribution in [1.82, 2.24) is 4.98 Å². The summed E-state index contributed by atoms with van der Waals surface area (Å²) in [6, 6.07) is 3.28. The second-order valence-corrected chi connectivity index (χ2v) is 3.29. The van der Waals surface area contributed by atoms with Crippen molar-refractivity contribution in [2.45, 2.75) is 0 Å². The van der Waals surface area contributed by atoms with E-state index in [2.05, 4.69) is 4.98 Å². The maximum Gasteiger partial charge on any atom is 0.252 e. The highest BCUT2D eigenvalue weighted by Gasteiger charge is 2.09. The Hall–Kier alpha value is -2.30. The van der Waals surface area contributed by atoms with Gasteiger partial charge in [0.2, 0.25) is 0 Å². The van der Waals surface area contributed by atoms with Crippen LogP contribution in [0, 0.1) is 0 Å². The lowest BCUT2D eigenvalue weighted by Crippen LogP contribution is -2.14. The van der Waals surface area contributed by atoms with E-state index in [4.69, 9.17) is 16.2 Å². The fourth-order valence-corrected chi connectivity index (χ4v) is 1.42. The topological polar surface area (TPSA) is 91.2 Å². The molecular formula is C11H11N3O2. The first-order valence-corrected chi connectivity index (χ1v) is 4.73. The summed E-state index contributed by atoms with van der Waals surface area (Å²) in [5.41, 5.74) is 12.6. The van der Waals surface area contributed by atoms with Gasteiger partial charge in [-0.3, -0.25) is 4.79 Å². The van der Waals surface area contributed by atoms with Gasteiger partial charge in [0, 0.05) is 5.57 Å². The van der Waals surface area contributed by atoms with Gasteiger partial charge in [0.25, 0.3) is 5.91 Å². The molecule has 0 saturated heterocycles. The first-order chi connectivity index (χ1) is 7.68. The number of rotatable bonds is 2. The quantitative estimate of drug-likeness (QED) is 0.762. The van der Waals surface area contributed by atoms with Crippen LogP contribution in [0.5, 0.6) is 0 Å². The van der Waals surface area contributed by atoms with Gasteiger partial charge in [-0.1, -0.05) is 0 Å². The molecule has 0 fully saturated rings. The lowest BCUT2D eigenvalue weighted by atomic mass is 10.1. The summed E-state index contributed by atoms with van der Waals surface area (Å²) in [6.45, 7) is 0.505. The molecule has 1 aliphatic rings. The number of nitrogens with zero attached hydrogens (tertiary/aromatic N) is 1. The van der Waals surface area contributed by atoms with E-state index >= 15 is 0 Å². The third kappa shape index (κ3) is 1.88.